The molecule has 0 bridgehead atoms. The molecule has 3 aromatic heterocycles. The first-order valence-corrected chi connectivity index (χ1v) is 11.2. The lowest BCUT2D eigenvalue weighted by Crippen LogP contribution is -2.02. The number of pyridine rings is 1. The summed E-state index contributed by atoms with van der Waals surface area (Å²) in [5, 5.41) is 9.16. The minimum atomic E-state index is -3.18. The van der Waals surface area contributed by atoms with E-state index in [0.717, 1.165) is 37.5 Å². The Hall–Kier alpha value is -2.45. The van der Waals surface area contributed by atoms with Gasteiger partial charge in [-0.15, -0.1) is 11.3 Å². The molecule has 0 radical (unpaired) electrons. The molecule has 27 heavy (non-hydrogen) atoms. The molecular weight excluding hydrogens is 380 g/mol. The number of aromatic nitrogens is 3. The smallest absolute Gasteiger partial charge is 0.175 e. The summed E-state index contributed by atoms with van der Waals surface area (Å²) in [6, 6.07) is 9.01. The van der Waals surface area contributed by atoms with Gasteiger partial charge in [-0.05, 0) is 43.2 Å². The van der Waals surface area contributed by atoms with E-state index >= 15 is 0 Å². The van der Waals surface area contributed by atoms with Gasteiger partial charge in [-0.2, -0.15) is 5.10 Å². The van der Waals surface area contributed by atoms with Crippen molar-refractivity contribution in [2.45, 2.75) is 25.3 Å². The van der Waals surface area contributed by atoms with Crippen molar-refractivity contribution in [2.24, 2.45) is 7.05 Å². The second kappa shape index (κ2) is 6.31. The van der Waals surface area contributed by atoms with E-state index in [0.29, 0.717) is 11.4 Å². The molecule has 0 saturated heterocycles. The molecule has 0 unspecified atom stereocenters. The van der Waals surface area contributed by atoms with Crippen molar-refractivity contribution in [1.29, 1.82) is 0 Å². The first kappa shape index (κ1) is 17.9. The van der Waals surface area contributed by atoms with Gasteiger partial charge in [-0.25, -0.2) is 13.4 Å². The van der Waals surface area contributed by atoms with Crippen molar-refractivity contribution >= 4 is 47.4 Å². The van der Waals surface area contributed by atoms with Gasteiger partial charge >= 0.3 is 0 Å². The number of anilines is 1. The normalized spacial score (nSPS) is 12.1. The highest BCUT2D eigenvalue weighted by Crippen LogP contribution is 2.38. The topological polar surface area (TPSA) is 76.9 Å². The van der Waals surface area contributed by atoms with Gasteiger partial charge in [-0.3, -0.25) is 4.68 Å². The van der Waals surface area contributed by atoms with Crippen LogP contribution in [-0.2, 0) is 23.4 Å². The molecule has 0 fully saturated rings. The molecule has 0 spiro atoms. The maximum atomic E-state index is 11.6. The van der Waals surface area contributed by atoms with Crippen LogP contribution in [-0.4, -0.2) is 29.4 Å². The van der Waals surface area contributed by atoms with Crippen molar-refractivity contribution in [3.8, 4) is 0 Å². The number of nitrogens with zero attached hydrogens (tertiary/aromatic N) is 3. The Morgan fingerprint density at radius 3 is 2.56 bits per heavy atom. The van der Waals surface area contributed by atoms with E-state index in [1.165, 1.54) is 11.8 Å². The van der Waals surface area contributed by atoms with Gasteiger partial charge in [0.15, 0.2) is 15.7 Å². The fourth-order valence-electron chi connectivity index (χ4n) is 3.29. The number of thiophene rings is 1. The largest absolute Gasteiger partial charge is 0.363 e. The number of hydrogen-bond acceptors (Lipinski definition) is 6. The highest BCUT2D eigenvalue weighted by Gasteiger charge is 2.18. The predicted molar refractivity (Wildman–Crippen MR) is 110 cm³/mol. The molecular formula is C19H20N4O2S2. The first-order chi connectivity index (χ1) is 12.7. The molecule has 3 heterocycles. The quantitative estimate of drug-likeness (QED) is 0.564. The summed E-state index contributed by atoms with van der Waals surface area (Å²) in [5.41, 5.74) is 4.30. The number of nitrogens with one attached hydrogen (secondary N) is 1. The number of aryl methyl sites for hydroxylation is 3. The van der Waals surface area contributed by atoms with Crippen LogP contribution in [0.4, 0.5) is 5.82 Å². The fourth-order valence-corrected chi connectivity index (χ4v) is 5.21. The molecule has 4 aromatic rings. The summed E-state index contributed by atoms with van der Waals surface area (Å²) in [7, 11) is -1.23. The average molecular weight is 401 g/mol. The van der Waals surface area contributed by atoms with Crippen LogP contribution in [0.25, 0.3) is 20.4 Å². The number of rotatable bonds is 4. The zero-order chi connectivity index (χ0) is 19.3. The lowest BCUT2D eigenvalue weighted by Gasteiger charge is -2.05. The molecule has 0 atom stereocenters. The zero-order valence-corrected chi connectivity index (χ0v) is 17.2. The monoisotopic (exact) mass is 400 g/mol. The van der Waals surface area contributed by atoms with Crippen LogP contribution >= 0.6 is 11.3 Å². The molecule has 0 amide bonds. The number of hydrogen-bond donors (Lipinski definition) is 1. The molecule has 1 N–H and O–H groups in total. The van der Waals surface area contributed by atoms with Crippen LogP contribution in [0.3, 0.4) is 0 Å². The number of sulfone groups is 1. The van der Waals surface area contributed by atoms with Gasteiger partial charge in [0.1, 0.15) is 4.83 Å². The van der Waals surface area contributed by atoms with Gasteiger partial charge in [0, 0.05) is 30.9 Å². The standard InChI is InChI=1S/C19H20N4O2S2/c1-11-9-12(2)21-19-15(11)16-17(26-19)18(22-23(16)3)20-10-13-5-7-14(8-6-13)27(4,24)25/h5-9H,10H2,1-4H3,(H,20,22). The average Bonchev–Trinajstić information content (AvgIpc) is 3.10. The van der Waals surface area contributed by atoms with E-state index in [1.54, 1.807) is 23.5 Å². The maximum Gasteiger partial charge on any atom is 0.175 e. The molecule has 6 nitrogen and oxygen atoms in total. The van der Waals surface area contributed by atoms with E-state index < -0.39 is 9.84 Å². The fraction of sp³-hybridized carbons (Fsp3) is 0.263. The van der Waals surface area contributed by atoms with Crippen molar-refractivity contribution < 1.29 is 8.42 Å². The molecule has 0 aliphatic carbocycles. The molecule has 8 heteroatoms. The Balaban J connectivity index is 1.67. The molecule has 4 rings (SSSR count). The van der Waals surface area contributed by atoms with Crippen molar-refractivity contribution in [3.05, 3.63) is 47.2 Å². The van der Waals surface area contributed by atoms with E-state index in [1.807, 2.05) is 30.8 Å². The highest BCUT2D eigenvalue weighted by molar-refractivity contribution is 7.90. The predicted octanol–water partition coefficient (Wildman–Crippen LogP) is 3.82. The van der Waals surface area contributed by atoms with E-state index in [9.17, 15) is 8.42 Å². The summed E-state index contributed by atoms with van der Waals surface area (Å²) in [4.78, 5) is 6.02. The summed E-state index contributed by atoms with van der Waals surface area (Å²) in [5.74, 6) is 0.819. The minimum Gasteiger partial charge on any atom is -0.363 e. The summed E-state index contributed by atoms with van der Waals surface area (Å²) in [6.07, 6.45) is 1.21. The van der Waals surface area contributed by atoms with Crippen molar-refractivity contribution in [3.63, 3.8) is 0 Å². The van der Waals surface area contributed by atoms with Crippen LogP contribution in [0.15, 0.2) is 35.2 Å². The Morgan fingerprint density at radius 2 is 1.89 bits per heavy atom. The lowest BCUT2D eigenvalue weighted by atomic mass is 10.1. The van der Waals surface area contributed by atoms with Gasteiger partial charge < -0.3 is 5.32 Å². The third-order valence-corrected chi connectivity index (χ3v) is 6.77. The third kappa shape index (κ3) is 3.19. The molecule has 140 valence electrons. The molecule has 0 aliphatic heterocycles. The minimum absolute atomic E-state index is 0.327. The molecule has 0 aliphatic rings. The number of benzene rings is 1. The van der Waals surface area contributed by atoms with E-state index in [-0.39, 0.29) is 0 Å². The van der Waals surface area contributed by atoms with Crippen molar-refractivity contribution in [2.75, 3.05) is 11.6 Å². The van der Waals surface area contributed by atoms with Crippen LogP contribution < -0.4 is 5.32 Å². The maximum absolute atomic E-state index is 11.6. The second-order valence-electron chi connectivity index (χ2n) is 6.78. The Labute approximate surface area is 161 Å². The van der Waals surface area contributed by atoms with Crippen molar-refractivity contribution in [1.82, 2.24) is 14.8 Å². The lowest BCUT2D eigenvalue weighted by molar-refractivity contribution is 0.602. The van der Waals surface area contributed by atoms with Gasteiger partial charge in [0.2, 0.25) is 0 Å². The second-order valence-corrected chi connectivity index (χ2v) is 9.80. The highest BCUT2D eigenvalue weighted by atomic mass is 32.2. The van der Waals surface area contributed by atoms with Crippen LogP contribution in [0.1, 0.15) is 16.8 Å². The zero-order valence-electron chi connectivity index (χ0n) is 15.6. The Bertz CT molecular complexity index is 1270. The Morgan fingerprint density at radius 1 is 1.19 bits per heavy atom. The van der Waals surface area contributed by atoms with Gasteiger partial charge in [0.05, 0.1) is 15.1 Å². The third-order valence-electron chi connectivity index (χ3n) is 4.56. The number of fused-ring (bicyclic) bond motifs is 3. The first-order valence-electron chi connectivity index (χ1n) is 8.50. The molecule has 0 saturated carbocycles. The summed E-state index contributed by atoms with van der Waals surface area (Å²) < 4.78 is 26.1. The summed E-state index contributed by atoms with van der Waals surface area (Å²) >= 11 is 1.64. The van der Waals surface area contributed by atoms with Crippen LogP contribution in [0, 0.1) is 13.8 Å². The van der Waals surface area contributed by atoms with Gasteiger partial charge in [-0.1, -0.05) is 12.1 Å². The molecule has 1 aromatic carbocycles. The Kier molecular flexibility index (Phi) is 4.20. The van der Waals surface area contributed by atoms with Gasteiger partial charge in [0.25, 0.3) is 0 Å². The van der Waals surface area contributed by atoms with Crippen LogP contribution in [0.2, 0.25) is 0 Å². The SMILES string of the molecule is Cc1cc(C)c2c(n1)sc1c(NCc3ccc(S(C)(=O)=O)cc3)nn(C)c12. The van der Waals surface area contributed by atoms with Crippen LogP contribution in [0.5, 0.6) is 0 Å². The summed E-state index contributed by atoms with van der Waals surface area (Å²) in [6.45, 7) is 4.68. The van der Waals surface area contributed by atoms with E-state index in [4.69, 9.17) is 0 Å². The van der Waals surface area contributed by atoms with E-state index in [2.05, 4.69) is 28.4 Å².